The van der Waals surface area contributed by atoms with Gasteiger partial charge in [0.2, 0.25) is 5.91 Å². The molecule has 0 radical (unpaired) electrons. The van der Waals surface area contributed by atoms with Crippen LogP contribution in [0, 0.1) is 0 Å². The number of hydrogen-bond acceptors (Lipinski definition) is 7. The number of hydrogen-bond donors (Lipinski definition) is 2. The van der Waals surface area contributed by atoms with Crippen LogP contribution in [0.5, 0.6) is 5.75 Å². The number of benzene rings is 1. The molecule has 1 atom stereocenters. The summed E-state index contributed by atoms with van der Waals surface area (Å²) in [5, 5.41) is 5.89. The fourth-order valence-corrected chi connectivity index (χ4v) is 2.77. The first-order valence-electron chi connectivity index (χ1n) is 9.63. The third-order valence-corrected chi connectivity index (χ3v) is 4.33. The van der Waals surface area contributed by atoms with E-state index in [1.54, 1.807) is 19.1 Å². The summed E-state index contributed by atoms with van der Waals surface area (Å²) in [7, 11) is 0. The van der Waals surface area contributed by atoms with Gasteiger partial charge in [0.15, 0.2) is 11.5 Å². The predicted molar refractivity (Wildman–Crippen MR) is 109 cm³/mol. The lowest BCUT2D eigenvalue weighted by Gasteiger charge is -2.23. The molecule has 0 bridgehead atoms. The predicted octanol–water partition coefficient (Wildman–Crippen LogP) is 2.20. The van der Waals surface area contributed by atoms with E-state index in [4.69, 9.17) is 9.62 Å². The summed E-state index contributed by atoms with van der Waals surface area (Å²) in [5.41, 5.74) is 0.416. The van der Waals surface area contributed by atoms with Gasteiger partial charge in [0, 0.05) is 12.0 Å². The monoisotopic (exact) mass is 428 g/mol. The van der Waals surface area contributed by atoms with Gasteiger partial charge < -0.3 is 15.4 Å². The van der Waals surface area contributed by atoms with Gasteiger partial charge >= 0.3 is 5.97 Å². The average molecular weight is 429 g/mol. The van der Waals surface area contributed by atoms with Crippen LogP contribution >= 0.6 is 12.4 Å². The fourth-order valence-electron chi connectivity index (χ4n) is 2.77. The Balaban J connectivity index is 0.00000420. The van der Waals surface area contributed by atoms with Crippen molar-refractivity contribution in [2.24, 2.45) is 0 Å². The molecule has 0 aliphatic carbocycles. The van der Waals surface area contributed by atoms with Crippen LogP contribution in [-0.4, -0.2) is 49.5 Å². The second kappa shape index (κ2) is 13.1. The van der Waals surface area contributed by atoms with E-state index in [1.807, 2.05) is 6.92 Å². The zero-order valence-electron chi connectivity index (χ0n) is 16.8. The Hall–Kier alpha value is -2.16. The molecule has 1 aromatic carbocycles. The highest BCUT2D eigenvalue weighted by molar-refractivity contribution is 6.01. The van der Waals surface area contributed by atoms with Crippen molar-refractivity contribution in [3.05, 3.63) is 29.8 Å². The number of nitrogens with one attached hydrogen (secondary N) is 2. The van der Waals surface area contributed by atoms with Crippen LogP contribution in [0.3, 0.4) is 0 Å². The van der Waals surface area contributed by atoms with Gasteiger partial charge in [-0.05, 0) is 63.5 Å². The Morgan fingerprint density at radius 1 is 1.17 bits per heavy atom. The molecule has 1 amide bonds. The number of halogens is 1. The number of amides is 1. The number of rotatable bonds is 10. The van der Waals surface area contributed by atoms with Crippen molar-refractivity contribution in [3.8, 4) is 5.75 Å². The fraction of sp³-hybridized carbons (Fsp3) is 0.550. The van der Waals surface area contributed by atoms with Crippen molar-refractivity contribution in [2.75, 3.05) is 19.7 Å². The van der Waals surface area contributed by atoms with E-state index in [2.05, 4.69) is 15.5 Å². The standard InChI is InChI=1S/C20H28N2O6.ClH/c1-3-4-19(24)28-27-17-7-5-15(6-8-17)20(25)14(2)22-18(23)13-26-16-9-11-21-12-10-16;/h5-8,14,16,21H,3-4,9-13H2,1-2H3,(H,22,23);1H. The lowest BCUT2D eigenvalue weighted by molar-refractivity contribution is -0.213. The summed E-state index contributed by atoms with van der Waals surface area (Å²) in [5.74, 6) is -0.689. The lowest BCUT2D eigenvalue weighted by atomic mass is 10.1. The van der Waals surface area contributed by atoms with Gasteiger partial charge in [-0.25, -0.2) is 4.79 Å². The van der Waals surface area contributed by atoms with Crippen molar-refractivity contribution in [1.29, 1.82) is 0 Å². The Labute approximate surface area is 177 Å². The third kappa shape index (κ3) is 8.81. The van der Waals surface area contributed by atoms with Gasteiger partial charge in [-0.15, -0.1) is 12.4 Å². The Bertz CT molecular complexity index is 661. The highest BCUT2D eigenvalue weighted by atomic mass is 35.5. The van der Waals surface area contributed by atoms with Crippen LogP contribution in [0.15, 0.2) is 24.3 Å². The lowest BCUT2D eigenvalue weighted by Crippen LogP contribution is -2.42. The van der Waals surface area contributed by atoms with Gasteiger partial charge in [-0.3, -0.25) is 19.4 Å². The van der Waals surface area contributed by atoms with E-state index >= 15 is 0 Å². The normalized spacial score (nSPS) is 15.0. The third-order valence-electron chi connectivity index (χ3n) is 4.33. The SMILES string of the molecule is CCCC(=O)OOc1ccc(C(=O)C(C)NC(=O)COC2CCNCC2)cc1.Cl. The molecular formula is C20H29ClN2O6. The van der Waals surface area contributed by atoms with Crippen LogP contribution < -0.4 is 15.5 Å². The number of ketones is 1. The van der Waals surface area contributed by atoms with E-state index in [0.29, 0.717) is 17.7 Å². The van der Waals surface area contributed by atoms with Crippen LogP contribution in [0.25, 0.3) is 0 Å². The number of carbonyl (C=O) groups is 3. The van der Waals surface area contributed by atoms with Crippen molar-refractivity contribution in [3.63, 3.8) is 0 Å². The molecule has 1 saturated heterocycles. The Kier molecular flexibility index (Phi) is 11.3. The van der Waals surface area contributed by atoms with E-state index < -0.39 is 12.0 Å². The first kappa shape index (κ1) is 24.9. The molecule has 1 heterocycles. The summed E-state index contributed by atoms with van der Waals surface area (Å²) >= 11 is 0. The molecule has 2 rings (SSSR count). The smallest absolute Gasteiger partial charge is 0.355 e. The molecule has 2 N–H and O–H groups in total. The van der Waals surface area contributed by atoms with Crippen molar-refractivity contribution in [1.82, 2.24) is 10.6 Å². The maximum absolute atomic E-state index is 12.5. The summed E-state index contributed by atoms with van der Waals surface area (Å²) in [6, 6.07) is 5.49. The van der Waals surface area contributed by atoms with Crippen molar-refractivity contribution < 1.29 is 28.9 Å². The quantitative estimate of drug-likeness (QED) is 0.334. The van der Waals surface area contributed by atoms with E-state index in [0.717, 1.165) is 25.9 Å². The molecule has 1 fully saturated rings. The Morgan fingerprint density at radius 2 is 1.83 bits per heavy atom. The van der Waals surface area contributed by atoms with E-state index in [-0.39, 0.29) is 43.2 Å². The summed E-state index contributed by atoms with van der Waals surface area (Å²) in [6.45, 7) is 5.21. The number of ether oxygens (including phenoxy) is 1. The van der Waals surface area contributed by atoms with Crippen molar-refractivity contribution in [2.45, 2.75) is 51.7 Å². The molecule has 8 nitrogen and oxygen atoms in total. The van der Waals surface area contributed by atoms with Gasteiger partial charge in [0.25, 0.3) is 0 Å². The number of carbonyl (C=O) groups excluding carboxylic acids is 3. The van der Waals surface area contributed by atoms with Gasteiger partial charge in [0.1, 0.15) is 6.61 Å². The van der Waals surface area contributed by atoms with Gasteiger partial charge in [0.05, 0.1) is 12.1 Å². The highest BCUT2D eigenvalue weighted by Crippen LogP contribution is 2.14. The molecule has 0 spiro atoms. The second-order valence-corrected chi connectivity index (χ2v) is 6.73. The molecule has 1 unspecified atom stereocenters. The van der Waals surface area contributed by atoms with Crippen LogP contribution in [-0.2, 0) is 19.2 Å². The molecule has 1 aliphatic heterocycles. The topological polar surface area (TPSA) is 103 Å². The largest absolute Gasteiger partial charge is 0.368 e. The minimum absolute atomic E-state index is 0. The second-order valence-electron chi connectivity index (χ2n) is 6.73. The average Bonchev–Trinajstić information content (AvgIpc) is 2.71. The number of piperidine rings is 1. The summed E-state index contributed by atoms with van der Waals surface area (Å²) in [4.78, 5) is 45.3. The first-order valence-corrected chi connectivity index (χ1v) is 9.63. The van der Waals surface area contributed by atoms with Crippen LogP contribution in [0.2, 0.25) is 0 Å². The van der Waals surface area contributed by atoms with Gasteiger partial charge in [-0.2, -0.15) is 0 Å². The highest BCUT2D eigenvalue weighted by Gasteiger charge is 2.19. The molecule has 162 valence electrons. The van der Waals surface area contributed by atoms with Crippen molar-refractivity contribution >= 4 is 30.1 Å². The van der Waals surface area contributed by atoms with Gasteiger partial charge in [-0.1, -0.05) is 6.92 Å². The van der Waals surface area contributed by atoms with E-state index in [9.17, 15) is 14.4 Å². The maximum Gasteiger partial charge on any atom is 0.355 e. The molecule has 9 heteroatoms. The molecule has 29 heavy (non-hydrogen) atoms. The molecular weight excluding hydrogens is 400 g/mol. The zero-order chi connectivity index (χ0) is 20.4. The van der Waals surface area contributed by atoms with Crippen LogP contribution in [0.4, 0.5) is 0 Å². The first-order chi connectivity index (χ1) is 13.5. The molecule has 1 aromatic rings. The minimum atomic E-state index is -0.682. The molecule has 0 aromatic heterocycles. The molecule has 1 aliphatic rings. The maximum atomic E-state index is 12.5. The zero-order valence-corrected chi connectivity index (χ0v) is 17.6. The summed E-state index contributed by atoms with van der Waals surface area (Å²) in [6.07, 6.45) is 2.78. The molecule has 0 saturated carbocycles. The van der Waals surface area contributed by atoms with Crippen LogP contribution in [0.1, 0.15) is 49.9 Å². The minimum Gasteiger partial charge on any atom is -0.368 e. The Morgan fingerprint density at radius 3 is 2.45 bits per heavy atom. The van der Waals surface area contributed by atoms with E-state index in [1.165, 1.54) is 12.1 Å². The number of Topliss-reactive ketones (excluding diaryl/α,β-unsaturated/α-hetero) is 1. The summed E-state index contributed by atoms with van der Waals surface area (Å²) < 4.78 is 5.59.